The van der Waals surface area contributed by atoms with Gasteiger partial charge in [0.2, 0.25) is 0 Å². The number of rotatable bonds is 10. The van der Waals surface area contributed by atoms with Gasteiger partial charge >= 0.3 is 6.61 Å². The number of benzene rings is 1. The largest absolute Gasteiger partial charge is 0.598 e. The average molecular weight is 423 g/mol. The molecular formula is C18H28F2N2O3S2. The molecule has 0 aliphatic carbocycles. The maximum absolute atomic E-state index is 12.6. The molecule has 9 heteroatoms. The zero-order valence-electron chi connectivity index (χ0n) is 16.3. The van der Waals surface area contributed by atoms with Gasteiger partial charge < -0.3 is 13.8 Å². The molecule has 0 amide bonds. The Kier molecular flexibility index (Phi) is 9.01. The van der Waals surface area contributed by atoms with Gasteiger partial charge in [-0.3, -0.25) is 0 Å². The second-order valence-corrected chi connectivity index (χ2v) is 11.0. The van der Waals surface area contributed by atoms with E-state index in [0.29, 0.717) is 18.4 Å². The molecule has 0 fully saturated rings. The number of halogens is 2. The van der Waals surface area contributed by atoms with Crippen LogP contribution in [0.25, 0.3) is 0 Å². The highest BCUT2D eigenvalue weighted by molar-refractivity contribution is 7.91. The van der Waals surface area contributed by atoms with Gasteiger partial charge in [-0.15, -0.1) is 0 Å². The van der Waals surface area contributed by atoms with E-state index in [-0.39, 0.29) is 11.7 Å². The van der Waals surface area contributed by atoms with Gasteiger partial charge in [0.25, 0.3) is 0 Å². The summed E-state index contributed by atoms with van der Waals surface area (Å²) in [5.41, 5.74) is 0.519. The Morgan fingerprint density at radius 2 is 1.89 bits per heavy atom. The number of nitrogens with zero attached hydrogens (tertiary/aromatic N) is 1. The Hall–Kier alpha value is -0.870. The van der Waals surface area contributed by atoms with Crippen molar-refractivity contribution in [1.29, 1.82) is 0 Å². The van der Waals surface area contributed by atoms with Crippen molar-refractivity contribution in [1.82, 2.24) is 0 Å². The summed E-state index contributed by atoms with van der Waals surface area (Å²) in [6.07, 6.45) is 2.69. The number of ether oxygens (including phenoxy) is 1. The Morgan fingerprint density at radius 3 is 2.44 bits per heavy atom. The maximum Gasteiger partial charge on any atom is 0.387 e. The predicted octanol–water partition coefficient (Wildman–Crippen LogP) is 3.97. The predicted molar refractivity (Wildman–Crippen MR) is 108 cm³/mol. The molecule has 2 N–H and O–H groups in total. The molecule has 2 unspecified atom stereocenters. The van der Waals surface area contributed by atoms with Gasteiger partial charge in [-0.05, 0) is 46.2 Å². The first-order valence-electron chi connectivity index (χ1n) is 8.53. The Morgan fingerprint density at radius 1 is 1.26 bits per heavy atom. The van der Waals surface area contributed by atoms with E-state index in [4.69, 9.17) is 5.14 Å². The van der Waals surface area contributed by atoms with Crippen molar-refractivity contribution < 1.29 is 22.6 Å². The molecule has 1 aromatic rings. The van der Waals surface area contributed by atoms with Gasteiger partial charge in [0, 0.05) is 29.3 Å². The lowest BCUT2D eigenvalue weighted by molar-refractivity contribution is -0.0498. The van der Waals surface area contributed by atoms with Crippen LogP contribution < -0.4 is 9.88 Å². The van der Waals surface area contributed by atoms with Crippen LogP contribution in [-0.2, 0) is 22.7 Å². The van der Waals surface area contributed by atoms with E-state index in [1.54, 1.807) is 12.1 Å². The van der Waals surface area contributed by atoms with Crippen LogP contribution in [-0.4, -0.2) is 31.4 Å². The zero-order valence-corrected chi connectivity index (χ0v) is 17.9. The molecule has 0 heterocycles. The molecule has 0 aliphatic rings. The third kappa shape index (κ3) is 7.57. The van der Waals surface area contributed by atoms with E-state index in [9.17, 15) is 17.9 Å². The highest BCUT2D eigenvalue weighted by Gasteiger charge is 2.39. The summed E-state index contributed by atoms with van der Waals surface area (Å²) in [6, 6.07) is 6.03. The van der Waals surface area contributed by atoms with Crippen LogP contribution in [0.2, 0.25) is 0 Å². The topological polar surface area (TPSA) is 93.7 Å². The van der Waals surface area contributed by atoms with Crippen molar-refractivity contribution in [2.24, 2.45) is 15.5 Å². The lowest BCUT2D eigenvalue weighted by Crippen LogP contribution is -2.44. The number of alkyl halides is 2. The normalized spacial score (nSPS) is 16.6. The fourth-order valence-electron chi connectivity index (χ4n) is 2.22. The first-order chi connectivity index (χ1) is 12.4. The van der Waals surface area contributed by atoms with Crippen LogP contribution in [0.1, 0.15) is 53.0 Å². The van der Waals surface area contributed by atoms with E-state index in [0.717, 1.165) is 0 Å². The van der Waals surface area contributed by atoms with Crippen molar-refractivity contribution in [3.8, 4) is 5.75 Å². The molecule has 1 rings (SSSR count). The molecule has 0 aromatic heterocycles. The number of nitrogens with two attached hydrogens (primary N) is 1. The van der Waals surface area contributed by atoms with Crippen LogP contribution in [0.4, 0.5) is 8.78 Å². The van der Waals surface area contributed by atoms with Crippen molar-refractivity contribution in [2.45, 2.75) is 63.6 Å². The van der Waals surface area contributed by atoms with Gasteiger partial charge in [-0.25, -0.2) is 0 Å². The minimum atomic E-state index is -2.90. The molecule has 5 nitrogen and oxygen atoms in total. The Labute approximate surface area is 166 Å². The molecule has 27 heavy (non-hydrogen) atoms. The fourth-order valence-corrected chi connectivity index (χ4v) is 3.53. The number of hydrogen-bond acceptors (Lipinski definition) is 5. The molecule has 0 bridgehead atoms. The van der Waals surface area contributed by atoms with Crippen molar-refractivity contribution >= 4 is 28.9 Å². The molecule has 3 atom stereocenters. The SMILES string of the molecule is CC(CCC(C)(C)[S+]([O-])/N=C/c1cccc(OC(F)F)c1)C(C)(C)[S@+](N)[O-]. The molecule has 1 aromatic carbocycles. The minimum absolute atomic E-state index is 0.0184. The van der Waals surface area contributed by atoms with E-state index >= 15 is 0 Å². The molecule has 0 aliphatic heterocycles. The minimum Gasteiger partial charge on any atom is -0.598 e. The van der Waals surface area contributed by atoms with Crippen LogP contribution in [0, 0.1) is 5.92 Å². The van der Waals surface area contributed by atoms with Crippen molar-refractivity contribution in [3.05, 3.63) is 29.8 Å². The van der Waals surface area contributed by atoms with Gasteiger partial charge in [-0.2, -0.15) is 13.9 Å². The monoisotopic (exact) mass is 422 g/mol. The molecule has 154 valence electrons. The van der Waals surface area contributed by atoms with Gasteiger partial charge in [0.05, 0.1) is 6.21 Å². The highest BCUT2D eigenvalue weighted by Crippen LogP contribution is 2.32. The fraction of sp³-hybridized carbons (Fsp3) is 0.611. The van der Waals surface area contributed by atoms with Gasteiger partial charge in [0.1, 0.15) is 26.6 Å². The Balaban J connectivity index is 2.71. The van der Waals surface area contributed by atoms with Crippen molar-refractivity contribution in [3.63, 3.8) is 0 Å². The second kappa shape index (κ2) is 10.1. The summed E-state index contributed by atoms with van der Waals surface area (Å²) < 4.78 is 56.1. The lowest BCUT2D eigenvalue weighted by atomic mass is 9.89. The van der Waals surface area contributed by atoms with E-state index < -0.39 is 38.8 Å². The molecule has 0 spiro atoms. The van der Waals surface area contributed by atoms with E-state index in [1.165, 1.54) is 18.3 Å². The third-order valence-corrected chi connectivity index (χ3v) is 7.62. The molecular weight excluding hydrogens is 394 g/mol. The van der Waals surface area contributed by atoms with Gasteiger partial charge in [-0.1, -0.05) is 23.5 Å². The second-order valence-electron chi connectivity index (χ2n) is 7.53. The summed E-state index contributed by atoms with van der Waals surface area (Å²) in [6.45, 7) is 6.46. The highest BCUT2D eigenvalue weighted by atomic mass is 32.2. The number of hydrogen-bond donors (Lipinski definition) is 1. The summed E-state index contributed by atoms with van der Waals surface area (Å²) in [7, 11) is 0. The molecule has 0 saturated carbocycles. The third-order valence-electron chi connectivity index (χ3n) is 4.74. The van der Waals surface area contributed by atoms with Crippen LogP contribution >= 0.6 is 0 Å². The standard InChI is InChI=1S/C18H28F2N2O3S2/c1-13(18(4,5)26(21)23)9-10-17(2,3)27(24)22-12-14-7-6-8-15(11-14)25-16(19)20/h6-8,11-13,16H,9-10,21H2,1-5H3/b22-12+/t13?,26-,27?/m1/s1. The van der Waals surface area contributed by atoms with E-state index in [1.807, 2.05) is 34.6 Å². The summed E-state index contributed by atoms with van der Waals surface area (Å²) >= 11 is -2.98. The summed E-state index contributed by atoms with van der Waals surface area (Å²) in [5, 5.41) is 5.56. The van der Waals surface area contributed by atoms with Crippen molar-refractivity contribution in [2.75, 3.05) is 0 Å². The van der Waals surface area contributed by atoms with Gasteiger partial charge in [0.15, 0.2) is 0 Å². The summed E-state index contributed by atoms with van der Waals surface area (Å²) in [4.78, 5) is 0. The van der Waals surface area contributed by atoms with Crippen LogP contribution in [0.15, 0.2) is 28.7 Å². The first kappa shape index (κ1) is 24.2. The quantitative estimate of drug-likeness (QED) is 0.456. The molecule has 0 saturated heterocycles. The van der Waals surface area contributed by atoms with E-state index in [2.05, 4.69) is 9.13 Å². The Bertz CT molecular complexity index is 628. The summed E-state index contributed by atoms with van der Waals surface area (Å²) in [5.74, 6) is 0.0941. The van der Waals surface area contributed by atoms with Crippen LogP contribution in [0.3, 0.4) is 0 Å². The molecule has 0 radical (unpaired) electrons. The smallest absolute Gasteiger partial charge is 0.387 e. The average Bonchev–Trinajstić information content (AvgIpc) is 2.57. The first-order valence-corrected chi connectivity index (χ1v) is 10.9. The maximum atomic E-state index is 12.6. The van der Waals surface area contributed by atoms with Crippen LogP contribution in [0.5, 0.6) is 5.75 Å². The lowest BCUT2D eigenvalue weighted by Gasteiger charge is -2.32. The zero-order chi connectivity index (χ0) is 20.8.